The molecule has 2 atom stereocenters. The number of ether oxygens (including phenoxy) is 1. The van der Waals surface area contributed by atoms with E-state index in [4.69, 9.17) is 0 Å². The zero-order valence-electron chi connectivity index (χ0n) is 8.51. The maximum absolute atomic E-state index is 11.0. The highest BCUT2D eigenvalue weighted by molar-refractivity contribution is 5.69. The van der Waals surface area contributed by atoms with Crippen molar-refractivity contribution in [2.45, 2.75) is 26.2 Å². The molecule has 13 heavy (non-hydrogen) atoms. The van der Waals surface area contributed by atoms with Gasteiger partial charge in [0.1, 0.15) is 0 Å². The minimum atomic E-state index is -0.0800. The van der Waals surface area contributed by atoms with Crippen molar-refractivity contribution >= 4 is 5.97 Å². The second-order valence-electron chi connectivity index (χ2n) is 3.81. The summed E-state index contributed by atoms with van der Waals surface area (Å²) in [4.78, 5) is 11.0. The van der Waals surface area contributed by atoms with Crippen LogP contribution in [0.2, 0.25) is 0 Å². The van der Waals surface area contributed by atoms with Gasteiger partial charge < -0.3 is 10.1 Å². The summed E-state index contributed by atoms with van der Waals surface area (Å²) in [5, 5.41) is 3.36. The third-order valence-corrected chi connectivity index (χ3v) is 2.79. The van der Waals surface area contributed by atoms with Crippen molar-refractivity contribution in [3.8, 4) is 0 Å². The summed E-state index contributed by atoms with van der Waals surface area (Å²) in [6.07, 6.45) is 2.93. The summed E-state index contributed by atoms with van der Waals surface area (Å²) in [6, 6.07) is 0. The number of methoxy groups -OCH3 is 1. The molecule has 3 nitrogen and oxygen atoms in total. The average molecular weight is 185 g/mol. The number of nitrogens with one attached hydrogen (secondary N) is 1. The number of hydrogen-bond acceptors (Lipinski definition) is 3. The van der Waals surface area contributed by atoms with Crippen molar-refractivity contribution in [1.82, 2.24) is 5.32 Å². The molecule has 0 aliphatic carbocycles. The van der Waals surface area contributed by atoms with Gasteiger partial charge in [0.2, 0.25) is 0 Å². The molecule has 1 rings (SSSR count). The zero-order chi connectivity index (χ0) is 9.68. The van der Waals surface area contributed by atoms with Crippen molar-refractivity contribution in [3.63, 3.8) is 0 Å². The van der Waals surface area contributed by atoms with E-state index >= 15 is 0 Å². The van der Waals surface area contributed by atoms with Gasteiger partial charge in [0.05, 0.1) is 7.11 Å². The number of esters is 1. The standard InChI is InChI=1S/C10H19NO2/c1-3-8-4-9(7-11-6-8)5-10(12)13-2/h8-9,11H,3-7H2,1-2H3/t8-,9+/m0/s1. The Hall–Kier alpha value is -0.570. The molecule has 0 radical (unpaired) electrons. The van der Waals surface area contributed by atoms with E-state index in [1.807, 2.05) is 0 Å². The first-order valence-electron chi connectivity index (χ1n) is 5.03. The van der Waals surface area contributed by atoms with Crippen LogP contribution in [0.1, 0.15) is 26.2 Å². The second-order valence-corrected chi connectivity index (χ2v) is 3.81. The quantitative estimate of drug-likeness (QED) is 0.671. The van der Waals surface area contributed by atoms with E-state index in [0.717, 1.165) is 19.0 Å². The summed E-state index contributed by atoms with van der Waals surface area (Å²) in [6.45, 7) is 4.27. The minimum absolute atomic E-state index is 0.0800. The Morgan fingerprint density at radius 1 is 1.46 bits per heavy atom. The van der Waals surface area contributed by atoms with Gasteiger partial charge in [0, 0.05) is 6.42 Å². The van der Waals surface area contributed by atoms with Crippen molar-refractivity contribution in [3.05, 3.63) is 0 Å². The van der Waals surface area contributed by atoms with E-state index in [0.29, 0.717) is 12.3 Å². The summed E-state index contributed by atoms with van der Waals surface area (Å²) in [5.41, 5.74) is 0. The molecule has 0 unspecified atom stereocenters. The SMILES string of the molecule is CC[C@@H]1CNC[C@@H](CC(=O)OC)C1. The van der Waals surface area contributed by atoms with Crippen molar-refractivity contribution in [1.29, 1.82) is 0 Å². The maximum atomic E-state index is 11.0. The van der Waals surface area contributed by atoms with Crippen LogP contribution >= 0.6 is 0 Å². The smallest absolute Gasteiger partial charge is 0.305 e. The van der Waals surface area contributed by atoms with Gasteiger partial charge in [-0.05, 0) is 31.3 Å². The van der Waals surface area contributed by atoms with Crippen molar-refractivity contribution < 1.29 is 9.53 Å². The summed E-state index contributed by atoms with van der Waals surface area (Å²) < 4.78 is 4.66. The van der Waals surface area contributed by atoms with E-state index in [9.17, 15) is 4.79 Å². The Morgan fingerprint density at radius 3 is 2.77 bits per heavy atom. The number of carbonyl (C=O) groups is 1. The summed E-state index contributed by atoms with van der Waals surface area (Å²) >= 11 is 0. The highest BCUT2D eigenvalue weighted by atomic mass is 16.5. The van der Waals surface area contributed by atoms with Crippen LogP contribution in [-0.2, 0) is 9.53 Å². The molecule has 1 N–H and O–H groups in total. The second kappa shape index (κ2) is 5.22. The molecule has 0 aromatic heterocycles. The van der Waals surface area contributed by atoms with Gasteiger partial charge in [-0.25, -0.2) is 0 Å². The van der Waals surface area contributed by atoms with Gasteiger partial charge in [0.25, 0.3) is 0 Å². The molecule has 1 saturated heterocycles. The molecule has 76 valence electrons. The number of piperidine rings is 1. The van der Waals surface area contributed by atoms with Crippen LogP contribution in [0.3, 0.4) is 0 Å². The Morgan fingerprint density at radius 2 is 2.15 bits per heavy atom. The molecule has 0 aromatic rings. The highest BCUT2D eigenvalue weighted by Gasteiger charge is 2.22. The first-order chi connectivity index (χ1) is 6.26. The van der Waals surface area contributed by atoms with Crippen molar-refractivity contribution in [2.75, 3.05) is 20.2 Å². The lowest BCUT2D eigenvalue weighted by molar-refractivity contribution is -0.141. The van der Waals surface area contributed by atoms with Crippen LogP contribution in [0.25, 0.3) is 0 Å². The number of carbonyl (C=O) groups excluding carboxylic acids is 1. The highest BCUT2D eigenvalue weighted by Crippen LogP contribution is 2.21. The van der Waals surface area contributed by atoms with Crippen LogP contribution in [0.5, 0.6) is 0 Å². The third kappa shape index (κ3) is 3.35. The van der Waals surface area contributed by atoms with E-state index < -0.39 is 0 Å². The first-order valence-corrected chi connectivity index (χ1v) is 5.03. The van der Waals surface area contributed by atoms with Crippen molar-refractivity contribution in [2.24, 2.45) is 11.8 Å². The molecule has 0 bridgehead atoms. The topological polar surface area (TPSA) is 38.3 Å². The molecule has 1 aliphatic rings. The molecular weight excluding hydrogens is 166 g/mol. The maximum Gasteiger partial charge on any atom is 0.305 e. The lowest BCUT2D eigenvalue weighted by Gasteiger charge is -2.28. The Kier molecular flexibility index (Phi) is 4.22. The lowest BCUT2D eigenvalue weighted by atomic mass is 9.87. The molecule has 3 heteroatoms. The van der Waals surface area contributed by atoms with Crippen LogP contribution < -0.4 is 5.32 Å². The number of rotatable bonds is 3. The van der Waals surface area contributed by atoms with Gasteiger partial charge in [-0.15, -0.1) is 0 Å². The molecule has 0 amide bonds. The first kappa shape index (κ1) is 10.5. The Balaban J connectivity index is 2.29. The Labute approximate surface area is 79.8 Å². The predicted octanol–water partition coefficient (Wildman–Crippen LogP) is 1.19. The normalized spacial score (nSPS) is 28.5. The zero-order valence-corrected chi connectivity index (χ0v) is 8.51. The molecule has 0 saturated carbocycles. The predicted molar refractivity (Wildman–Crippen MR) is 51.4 cm³/mol. The van der Waals surface area contributed by atoms with E-state index in [1.54, 1.807) is 0 Å². The van der Waals surface area contributed by atoms with Gasteiger partial charge in [0.15, 0.2) is 0 Å². The molecule has 1 aliphatic heterocycles. The molecule has 0 aromatic carbocycles. The van der Waals surface area contributed by atoms with E-state index in [-0.39, 0.29) is 5.97 Å². The average Bonchev–Trinajstić information content (AvgIpc) is 2.18. The van der Waals surface area contributed by atoms with Gasteiger partial charge in [-0.2, -0.15) is 0 Å². The number of hydrogen-bond donors (Lipinski definition) is 1. The van der Waals surface area contributed by atoms with Crippen LogP contribution in [0.4, 0.5) is 0 Å². The molecular formula is C10H19NO2. The molecule has 1 heterocycles. The minimum Gasteiger partial charge on any atom is -0.469 e. The van der Waals surface area contributed by atoms with Crippen LogP contribution in [-0.4, -0.2) is 26.2 Å². The molecule has 1 fully saturated rings. The fourth-order valence-electron chi connectivity index (χ4n) is 1.92. The largest absolute Gasteiger partial charge is 0.469 e. The summed E-state index contributed by atoms with van der Waals surface area (Å²) in [5.74, 6) is 1.14. The lowest BCUT2D eigenvalue weighted by Crippen LogP contribution is -2.37. The van der Waals surface area contributed by atoms with E-state index in [1.165, 1.54) is 20.0 Å². The Bertz CT molecular complexity index is 170. The third-order valence-electron chi connectivity index (χ3n) is 2.79. The van der Waals surface area contributed by atoms with Crippen LogP contribution in [0, 0.1) is 11.8 Å². The van der Waals surface area contributed by atoms with E-state index in [2.05, 4.69) is 17.0 Å². The fourth-order valence-corrected chi connectivity index (χ4v) is 1.92. The summed E-state index contributed by atoms with van der Waals surface area (Å²) in [7, 11) is 1.45. The van der Waals surface area contributed by atoms with Gasteiger partial charge in [-0.3, -0.25) is 4.79 Å². The molecule has 0 spiro atoms. The fraction of sp³-hybridized carbons (Fsp3) is 0.900. The van der Waals surface area contributed by atoms with Gasteiger partial charge >= 0.3 is 5.97 Å². The van der Waals surface area contributed by atoms with Crippen LogP contribution in [0.15, 0.2) is 0 Å². The monoisotopic (exact) mass is 185 g/mol. The van der Waals surface area contributed by atoms with Gasteiger partial charge in [-0.1, -0.05) is 13.3 Å².